The van der Waals surface area contributed by atoms with Crippen LogP contribution in [0.25, 0.3) is 11.4 Å². The number of nitrogens with one attached hydrogen (secondary N) is 1. The Bertz CT molecular complexity index is 789. The number of hydrogen-bond acceptors (Lipinski definition) is 4. The Morgan fingerprint density at radius 1 is 1.36 bits per heavy atom. The predicted molar refractivity (Wildman–Crippen MR) is 95.8 cm³/mol. The second-order valence-corrected chi connectivity index (χ2v) is 5.96. The highest BCUT2D eigenvalue weighted by atomic mass is 19.1. The lowest BCUT2D eigenvalue weighted by Crippen LogP contribution is -2.35. The van der Waals surface area contributed by atoms with Crippen LogP contribution >= 0.6 is 0 Å². The third-order valence-electron chi connectivity index (χ3n) is 4.28. The van der Waals surface area contributed by atoms with Crippen LogP contribution in [-0.2, 0) is 0 Å². The van der Waals surface area contributed by atoms with Gasteiger partial charge in [0.15, 0.2) is 17.5 Å². The molecule has 0 aliphatic carbocycles. The molecule has 1 amide bonds. The molecule has 2 heterocycles. The van der Waals surface area contributed by atoms with Crippen molar-refractivity contribution in [2.45, 2.75) is 25.8 Å². The van der Waals surface area contributed by atoms with E-state index in [1.807, 2.05) is 11.0 Å². The maximum atomic E-state index is 13.5. The molecule has 1 N–H and O–H groups in total. The smallest absolute Gasteiger partial charge is 0.254 e. The van der Waals surface area contributed by atoms with Crippen LogP contribution in [0.15, 0.2) is 42.6 Å². The number of carbonyl (C=O) groups excluding carboxylic acids is 1. The van der Waals surface area contributed by atoms with Gasteiger partial charge >= 0.3 is 0 Å². The number of anilines is 1. The Hall–Kier alpha value is -2.76. The molecule has 2 aromatic rings. The zero-order valence-electron chi connectivity index (χ0n) is 14.4. The lowest BCUT2D eigenvalue weighted by molar-refractivity contribution is 0.0744. The first-order valence-corrected chi connectivity index (χ1v) is 8.42. The molecule has 1 aliphatic rings. The fourth-order valence-corrected chi connectivity index (χ4v) is 2.96. The molecule has 1 aliphatic heterocycles. The molecule has 0 saturated heterocycles. The minimum atomic E-state index is -0.499. The number of hydrogen-bond donors (Lipinski definition) is 1. The van der Waals surface area contributed by atoms with Crippen molar-refractivity contribution >= 4 is 11.7 Å². The topological polar surface area (TPSA) is 58.1 Å². The molecule has 0 saturated carbocycles. The molecule has 0 radical (unpaired) electrons. The van der Waals surface area contributed by atoms with Gasteiger partial charge in [0.25, 0.3) is 5.91 Å². The van der Waals surface area contributed by atoms with Gasteiger partial charge in [-0.1, -0.05) is 37.6 Å². The highest BCUT2D eigenvalue weighted by Crippen LogP contribution is 2.22. The molecule has 0 bridgehead atoms. The summed E-state index contributed by atoms with van der Waals surface area (Å²) in [5, 5.41) is 2.70. The summed E-state index contributed by atoms with van der Waals surface area (Å²) in [6.45, 7) is 2.77. The van der Waals surface area contributed by atoms with Crippen LogP contribution in [0.1, 0.15) is 30.1 Å². The second-order valence-electron chi connectivity index (χ2n) is 5.96. The number of carbonyl (C=O) groups is 1. The molecular formula is C19H21FN4O. The molecule has 1 aromatic carbocycles. The van der Waals surface area contributed by atoms with Gasteiger partial charge in [-0.15, -0.1) is 0 Å². The third kappa shape index (κ3) is 3.52. The zero-order chi connectivity index (χ0) is 17.8. The van der Waals surface area contributed by atoms with Gasteiger partial charge in [0.2, 0.25) is 0 Å². The Morgan fingerprint density at radius 2 is 2.12 bits per heavy atom. The summed E-state index contributed by atoms with van der Waals surface area (Å²) in [5.74, 6) is 0.0830. The van der Waals surface area contributed by atoms with Gasteiger partial charge in [-0.25, -0.2) is 14.4 Å². The Morgan fingerprint density at radius 3 is 2.80 bits per heavy atom. The lowest BCUT2D eigenvalue weighted by atomic mass is 10.1. The van der Waals surface area contributed by atoms with Crippen LogP contribution in [-0.4, -0.2) is 40.4 Å². The average Bonchev–Trinajstić information content (AvgIpc) is 3.10. The maximum absolute atomic E-state index is 13.5. The molecular weight excluding hydrogens is 319 g/mol. The number of aromatic nitrogens is 2. The van der Waals surface area contributed by atoms with E-state index in [0.717, 1.165) is 24.6 Å². The second kappa shape index (κ2) is 7.42. The van der Waals surface area contributed by atoms with Gasteiger partial charge in [-0.2, -0.15) is 0 Å². The van der Waals surface area contributed by atoms with Gasteiger partial charge in [-0.05, 0) is 18.6 Å². The quantitative estimate of drug-likeness (QED) is 0.846. The summed E-state index contributed by atoms with van der Waals surface area (Å²) in [6.07, 6.45) is 7.28. The minimum absolute atomic E-state index is 0.0194. The number of nitrogens with zero attached hydrogens (tertiary/aromatic N) is 3. The van der Waals surface area contributed by atoms with Crippen molar-refractivity contribution in [3.05, 3.63) is 54.0 Å². The van der Waals surface area contributed by atoms with Crippen LogP contribution < -0.4 is 5.32 Å². The van der Waals surface area contributed by atoms with E-state index in [0.29, 0.717) is 17.9 Å². The predicted octanol–water partition coefficient (Wildman–Crippen LogP) is 3.51. The van der Waals surface area contributed by atoms with E-state index in [9.17, 15) is 9.18 Å². The molecule has 3 rings (SSSR count). The monoisotopic (exact) mass is 340 g/mol. The van der Waals surface area contributed by atoms with E-state index in [2.05, 4.69) is 28.3 Å². The van der Waals surface area contributed by atoms with E-state index in [1.54, 1.807) is 31.3 Å². The Labute approximate surface area is 146 Å². The normalized spacial score (nSPS) is 16.3. The molecule has 1 atom stereocenters. The van der Waals surface area contributed by atoms with Crippen molar-refractivity contribution in [1.29, 1.82) is 0 Å². The zero-order valence-corrected chi connectivity index (χ0v) is 14.4. The number of halogens is 1. The minimum Gasteiger partial charge on any atom is -0.371 e. The standard InChI is InChI=1S/C19H21FN4O/c1-3-5-15-6-4-11-24(15)19(25)14-9-7-13(8-10-14)17-22-12-16(20)18(21-2)23-17/h4,6-10,12,15H,3,5,11H2,1-2H3,(H,21,22,23)/t15-/m0/s1. The van der Waals surface area contributed by atoms with Gasteiger partial charge < -0.3 is 10.2 Å². The first kappa shape index (κ1) is 17.1. The summed E-state index contributed by atoms with van der Waals surface area (Å²) in [6, 6.07) is 7.29. The average molecular weight is 340 g/mol. The van der Waals surface area contributed by atoms with E-state index in [4.69, 9.17) is 0 Å². The van der Waals surface area contributed by atoms with Crippen molar-refractivity contribution in [2.75, 3.05) is 18.9 Å². The number of amides is 1. The molecule has 130 valence electrons. The SMILES string of the molecule is CCC[C@H]1C=CCN1C(=O)c1ccc(-c2ncc(F)c(NC)n2)cc1. The fraction of sp³-hybridized carbons (Fsp3) is 0.316. The number of benzene rings is 1. The number of rotatable bonds is 5. The summed E-state index contributed by atoms with van der Waals surface area (Å²) in [5.41, 5.74) is 1.36. The van der Waals surface area contributed by atoms with Gasteiger partial charge in [0, 0.05) is 24.7 Å². The Balaban J connectivity index is 1.79. The van der Waals surface area contributed by atoms with E-state index in [-0.39, 0.29) is 17.8 Å². The Kier molecular flexibility index (Phi) is 5.07. The van der Waals surface area contributed by atoms with Crippen molar-refractivity contribution in [3.63, 3.8) is 0 Å². The maximum Gasteiger partial charge on any atom is 0.254 e. The molecule has 5 nitrogen and oxygen atoms in total. The molecule has 0 unspecified atom stereocenters. The van der Waals surface area contributed by atoms with E-state index < -0.39 is 5.82 Å². The van der Waals surface area contributed by atoms with Crippen LogP contribution in [0.5, 0.6) is 0 Å². The van der Waals surface area contributed by atoms with Crippen LogP contribution in [0, 0.1) is 5.82 Å². The van der Waals surface area contributed by atoms with Crippen LogP contribution in [0.3, 0.4) is 0 Å². The summed E-state index contributed by atoms with van der Waals surface area (Å²) >= 11 is 0. The van der Waals surface area contributed by atoms with Crippen LogP contribution in [0.4, 0.5) is 10.2 Å². The lowest BCUT2D eigenvalue weighted by Gasteiger charge is -2.24. The first-order chi connectivity index (χ1) is 12.1. The molecule has 0 spiro atoms. The molecule has 25 heavy (non-hydrogen) atoms. The third-order valence-corrected chi connectivity index (χ3v) is 4.28. The highest BCUT2D eigenvalue weighted by Gasteiger charge is 2.24. The fourth-order valence-electron chi connectivity index (χ4n) is 2.96. The summed E-state index contributed by atoms with van der Waals surface area (Å²) in [7, 11) is 1.60. The van der Waals surface area contributed by atoms with Gasteiger partial charge in [-0.3, -0.25) is 4.79 Å². The van der Waals surface area contributed by atoms with Crippen molar-refractivity contribution in [1.82, 2.24) is 14.9 Å². The van der Waals surface area contributed by atoms with Gasteiger partial charge in [0.1, 0.15) is 0 Å². The van der Waals surface area contributed by atoms with E-state index >= 15 is 0 Å². The summed E-state index contributed by atoms with van der Waals surface area (Å²) in [4.78, 5) is 22.8. The van der Waals surface area contributed by atoms with Crippen molar-refractivity contribution < 1.29 is 9.18 Å². The molecule has 1 aromatic heterocycles. The van der Waals surface area contributed by atoms with Crippen molar-refractivity contribution in [2.24, 2.45) is 0 Å². The first-order valence-electron chi connectivity index (χ1n) is 8.42. The van der Waals surface area contributed by atoms with Crippen molar-refractivity contribution in [3.8, 4) is 11.4 Å². The van der Waals surface area contributed by atoms with Crippen LogP contribution in [0.2, 0.25) is 0 Å². The molecule has 0 fully saturated rings. The summed E-state index contributed by atoms with van der Waals surface area (Å²) < 4.78 is 13.5. The largest absolute Gasteiger partial charge is 0.371 e. The van der Waals surface area contributed by atoms with Gasteiger partial charge in [0.05, 0.1) is 12.2 Å². The van der Waals surface area contributed by atoms with E-state index in [1.165, 1.54) is 0 Å². The molecule has 6 heteroatoms. The highest BCUT2D eigenvalue weighted by molar-refractivity contribution is 5.95.